The smallest absolute Gasteiger partial charge is 0.258 e. The summed E-state index contributed by atoms with van der Waals surface area (Å²) in [5, 5.41) is 3.26. The van der Waals surface area contributed by atoms with Crippen molar-refractivity contribution in [3.8, 4) is 0 Å². The van der Waals surface area contributed by atoms with Gasteiger partial charge in [0.05, 0.1) is 0 Å². The van der Waals surface area contributed by atoms with E-state index in [-0.39, 0.29) is 13.1 Å². The number of nitrogens with zero attached hydrogens (tertiary/aromatic N) is 4. The molecule has 0 saturated carbocycles. The van der Waals surface area contributed by atoms with Crippen LogP contribution < -0.4 is 0 Å². The quantitative estimate of drug-likeness (QED) is 0.307. The van der Waals surface area contributed by atoms with Crippen LogP contribution >= 0.6 is 0 Å². The third kappa shape index (κ3) is 1.66. The van der Waals surface area contributed by atoms with Crippen molar-refractivity contribution in [1.82, 2.24) is 4.31 Å². The van der Waals surface area contributed by atoms with Gasteiger partial charge in [-0.25, -0.2) is 12.7 Å². The molecule has 7 nitrogen and oxygen atoms in total. The zero-order valence-electron chi connectivity index (χ0n) is 8.54. The van der Waals surface area contributed by atoms with Crippen LogP contribution in [-0.4, -0.2) is 36.5 Å². The molecule has 1 aliphatic rings. The zero-order chi connectivity index (χ0) is 11.7. The van der Waals surface area contributed by atoms with E-state index in [2.05, 4.69) is 10.0 Å². The van der Waals surface area contributed by atoms with Crippen molar-refractivity contribution >= 4 is 15.9 Å². The minimum Gasteiger partial charge on any atom is -0.272 e. The first-order chi connectivity index (χ1) is 6.85. The minimum atomic E-state index is -3.49. The second-order valence-electron chi connectivity index (χ2n) is 3.70. The Morgan fingerprint density at radius 2 is 2.13 bits per heavy atom. The summed E-state index contributed by atoms with van der Waals surface area (Å²) >= 11 is 0. The van der Waals surface area contributed by atoms with Gasteiger partial charge >= 0.3 is 0 Å². The van der Waals surface area contributed by atoms with Crippen molar-refractivity contribution in [3.05, 3.63) is 10.4 Å². The molecule has 0 bridgehead atoms. The van der Waals surface area contributed by atoms with Gasteiger partial charge in [0.15, 0.2) is 4.75 Å². The lowest BCUT2D eigenvalue weighted by molar-refractivity contribution is -0.132. The molecule has 0 unspecified atom stereocenters. The van der Waals surface area contributed by atoms with Crippen molar-refractivity contribution in [2.24, 2.45) is 5.11 Å². The van der Waals surface area contributed by atoms with Crippen molar-refractivity contribution in [2.75, 3.05) is 13.1 Å². The Labute approximate surface area is 87.7 Å². The SMILES string of the molecule is CC1(C)C(=O)N(CCCN=[N+]=[N-])S1(=O)=O. The molecule has 0 aromatic carbocycles. The van der Waals surface area contributed by atoms with Crippen LogP contribution in [0.15, 0.2) is 5.11 Å². The van der Waals surface area contributed by atoms with Crippen LogP contribution in [-0.2, 0) is 14.8 Å². The topological polar surface area (TPSA) is 103 Å². The fraction of sp³-hybridized carbons (Fsp3) is 0.857. The summed E-state index contributed by atoms with van der Waals surface area (Å²) < 4.78 is 22.6. The predicted octanol–water partition coefficient (Wildman–Crippen LogP) is 0.637. The zero-order valence-corrected chi connectivity index (χ0v) is 9.36. The number of amides is 1. The van der Waals surface area contributed by atoms with Gasteiger partial charge in [-0.15, -0.1) is 0 Å². The second-order valence-corrected chi connectivity index (χ2v) is 6.11. The van der Waals surface area contributed by atoms with Gasteiger partial charge in [0, 0.05) is 18.0 Å². The lowest BCUT2D eigenvalue weighted by Gasteiger charge is -2.43. The Kier molecular flexibility index (Phi) is 2.92. The normalized spacial score (nSPS) is 21.7. The maximum Gasteiger partial charge on any atom is 0.258 e. The highest BCUT2D eigenvalue weighted by Crippen LogP contribution is 2.34. The predicted molar refractivity (Wildman–Crippen MR) is 53.3 cm³/mol. The summed E-state index contributed by atoms with van der Waals surface area (Å²) in [4.78, 5) is 13.9. The summed E-state index contributed by atoms with van der Waals surface area (Å²) in [6, 6.07) is 0. The van der Waals surface area contributed by atoms with Crippen LogP contribution in [0.1, 0.15) is 20.3 Å². The van der Waals surface area contributed by atoms with E-state index >= 15 is 0 Å². The van der Waals surface area contributed by atoms with Gasteiger partial charge in [0.25, 0.3) is 15.9 Å². The molecule has 8 heteroatoms. The van der Waals surface area contributed by atoms with Crippen LogP contribution in [0.4, 0.5) is 0 Å². The third-order valence-electron chi connectivity index (χ3n) is 2.36. The fourth-order valence-electron chi connectivity index (χ4n) is 1.31. The average molecular weight is 232 g/mol. The standard InChI is InChI=1S/C7H12N4O3S/c1-7(2)6(12)11(15(7,13)14)5-3-4-9-10-8/h3-5H2,1-2H3. The number of hydrogen-bond donors (Lipinski definition) is 0. The first kappa shape index (κ1) is 11.8. The molecule has 1 fully saturated rings. The van der Waals surface area contributed by atoms with E-state index in [9.17, 15) is 13.2 Å². The molecule has 15 heavy (non-hydrogen) atoms. The van der Waals surface area contributed by atoms with Gasteiger partial charge in [-0.2, -0.15) is 0 Å². The monoisotopic (exact) mass is 232 g/mol. The third-order valence-corrected chi connectivity index (χ3v) is 4.75. The molecule has 1 saturated heterocycles. The molecular formula is C7H12N4O3S. The number of rotatable bonds is 4. The average Bonchev–Trinajstić information content (AvgIpc) is 2.16. The molecule has 0 N–H and O–H groups in total. The van der Waals surface area contributed by atoms with Crippen LogP contribution in [0.3, 0.4) is 0 Å². The Morgan fingerprint density at radius 1 is 1.53 bits per heavy atom. The van der Waals surface area contributed by atoms with Gasteiger partial charge in [0.1, 0.15) is 0 Å². The van der Waals surface area contributed by atoms with Gasteiger partial charge in [-0.1, -0.05) is 5.11 Å². The number of carbonyl (C=O) groups is 1. The van der Waals surface area contributed by atoms with Crippen LogP contribution in [0.2, 0.25) is 0 Å². The molecule has 1 heterocycles. The second kappa shape index (κ2) is 3.71. The summed E-state index contributed by atoms with van der Waals surface area (Å²) in [6.45, 7) is 3.04. The summed E-state index contributed by atoms with van der Waals surface area (Å²) in [5.74, 6) is -0.400. The summed E-state index contributed by atoms with van der Waals surface area (Å²) in [7, 11) is -3.49. The number of sulfonamides is 1. The van der Waals surface area contributed by atoms with E-state index in [4.69, 9.17) is 5.53 Å². The first-order valence-corrected chi connectivity index (χ1v) is 5.87. The van der Waals surface area contributed by atoms with Crippen LogP contribution in [0.25, 0.3) is 10.4 Å². The van der Waals surface area contributed by atoms with Gasteiger partial charge in [0.2, 0.25) is 0 Å². The van der Waals surface area contributed by atoms with E-state index in [1.54, 1.807) is 0 Å². The van der Waals surface area contributed by atoms with Gasteiger partial charge < -0.3 is 0 Å². The highest BCUT2D eigenvalue weighted by molar-refractivity contribution is 7.94. The van der Waals surface area contributed by atoms with E-state index in [1.807, 2.05) is 0 Å². The lowest BCUT2D eigenvalue weighted by atomic mass is 10.2. The maximum absolute atomic E-state index is 11.5. The van der Waals surface area contributed by atoms with Crippen molar-refractivity contribution in [3.63, 3.8) is 0 Å². The van der Waals surface area contributed by atoms with Crippen molar-refractivity contribution in [1.29, 1.82) is 0 Å². The number of carbonyl (C=O) groups excluding carboxylic acids is 1. The molecule has 0 aromatic heterocycles. The van der Waals surface area contributed by atoms with E-state index in [0.29, 0.717) is 6.42 Å². The van der Waals surface area contributed by atoms with E-state index in [0.717, 1.165) is 4.31 Å². The fourth-order valence-corrected chi connectivity index (χ4v) is 2.87. The highest BCUT2D eigenvalue weighted by Gasteiger charge is 2.59. The molecule has 1 aliphatic heterocycles. The molecule has 1 amide bonds. The molecule has 0 aromatic rings. The highest BCUT2D eigenvalue weighted by atomic mass is 32.2. The number of hydrogen-bond acceptors (Lipinski definition) is 4. The molecule has 1 rings (SSSR count). The molecule has 84 valence electrons. The van der Waals surface area contributed by atoms with Crippen molar-refractivity contribution < 1.29 is 13.2 Å². The first-order valence-electron chi connectivity index (χ1n) is 4.43. The molecule has 0 atom stereocenters. The van der Waals surface area contributed by atoms with Crippen LogP contribution in [0, 0.1) is 0 Å². The molecule has 0 aliphatic carbocycles. The molecule has 0 radical (unpaired) electrons. The van der Waals surface area contributed by atoms with Gasteiger partial charge in [-0.3, -0.25) is 4.79 Å². The van der Waals surface area contributed by atoms with E-state index in [1.165, 1.54) is 13.8 Å². The van der Waals surface area contributed by atoms with E-state index < -0.39 is 20.7 Å². The minimum absolute atomic E-state index is 0.0869. The molecule has 0 spiro atoms. The summed E-state index contributed by atoms with van der Waals surface area (Å²) in [6.07, 6.45) is 0.352. The Hall–Kier alpha value is -1.27. The molecular weight excluding hydrogens is 220 g/mol. The summed E-state index contributed by atoms with van der Waals surface area (Å²) in [5.41, 5.74) is 8.00. The maximum atomic E-state index is 11.5. The Bertz CT molecular complexity index is 422. The van der Waals surface area contributed by atoms with Gasteiger partial charge in [-0.05, 0) is 25.8 Å². The van der Waals surface area contributed by atoms with Crippen molar-refractivity contribution in [2.45, 2.75) is 25.0 Å². The Balaban J connectivity index is 2.60. The lowest BCUT2D eigenvalue weighted by Crippen LogP contribution is -2.67. The Morgan fingerprint density at radius 3 is 2.60 bits per heavy atom. The number of azide groups is 1. The van der Waals surface area contributed by atoms with Crippen LogP contribution in [0.5, 0.6) is 0 Å². The largest absolute Gasteiger partial charge is 0.272 e.